The number of rotatable bonds is 6. The van der Waals surface area contributed by atoms with Gasteiger partial charge in [0.1, 0.15) is 6.10 Å². The van der Waals surface area contributed by atoms with Gasteiger partial charge in [0.25, 0.3) is 5.91 Å². The van der Waals surface area contributed by atoms with Crippen LogP contribution >= 0.6 is 0 Å². The molecule has 2 unspecified atom stereocenters. The maximum atomic E-state index is 11.8. The molecule has 1 aromatic heterocycles. The zero-order chi connectivity index (χ0) is 13.5. The Morgan fingerprint density at radius 2 is 2.11 bits per heavy atom. The SMILES string of the molecule is CCC[C@H](N)C(O)C(=O)NC(C)c1ccncc1. The number of hydrogen-bond donors (Lipinski definition) is 3. The van der Waals surface area contributed by atoms with E-state index >= 15 is 0 Å². The third-order valence-electron chi connectivity index (χ3n) is 2.86. The lowest BCUT2D eigenvalue weighted by atomic mass is 10.1. The summed E-state index contributed by atoms with van der Waals surface area (Å²) in [6.45, 7) is 3.81. The zero-order valence-electron chi connectivity index (χ0n) is 10.8. The lowest BCUT2D eigenvalue weighted by molar-refractivity contribution is -0.131. The van der Waals surface area contributed by atoms with Gasteiger partial charge in [-0.1, -0.05) is 13.3 Å². The number of aromatic nitrogens is 1. The van der Waals surface area contributed by atoms with Gasteiger partial charge in [-0.05, 0) is 31.0 Å². The molecule has 1 amide bonds. The summed E-state index contributed by atoms with van der Waals surface area (Å²) in [6, 6.07) is 2.95. The average Bonchev–Trinajstić information content (AvgIpc) is 2.39. The molecule has 1 aromatic rings. The lowest BCUT2D eigenvalue weighted by Crippen LogP contribution is -2.46. The molecule has 5 nitrogen and oxygen atoms in total. The second-order valence-electron chi connectivity index (χ2n) is 4.41. The molecule has 0 radical (unpaired) electrons. The molecule has 0 aromatic carbocycles. The van der Waals surface area contributed by atoms with Gasteiger partial charge in [0.15, 0.2) is 0 Å². The molecular formula is C13H21N3O2. The summed E-state index contributed by atoms with van der Waals surface area (Å²) in [5.74, 6) is -0.430. The fourth-order valence-corrected chi connectivity index (χ4v) is 1.72. The Morgan fingerprint density at radius 1 is 1.50 bits per heavy atom. The Balaban J connectivity index is 2.54. The largest absolute Gasteiger partial charge is 0.382 e. The second-order valence-corrected chi connectivity index (χ2v) is 4.41. The predicted octanol–water partition coefficient (Wildman–Crippen LogP) is 0.747. The Morgan fingerprint density at radius 3 is 2.67 bits per heavy atom. The van der Waals surface area contributed by atoms with Gasteiger partial charge < -0.3 is 16.2 Å². The smallest absolute Gasteiger partial charge is 0.250 e. The molecule has 5 heteroatoms. The van der Waals surface area contributed by atoms with E-state index in [9.17, 15) is 9.90 Å². The zero-order valence-corrected chi connectivity index (χ0v) is 10.8. The van der Waals surface area contributed by atoms with Crippen LogP contribution in [0.4, 0.5) is 0 Å². The molecule has 100 valence electrons. The molecule has 1 heterocycles. The predicted molar refractivity (Wildman–Crippen MR) is 69.7 cm³/mol. The quantitative estimate of drug-likeness (QED) is 0.696. The van der Waals surface area contributed by atoms with E-state index in [-0.39, 0.29) is 6.04 Å². The first-order chi connectivity index (χ1) is 8.56. The van der Waals surface area contributed by atoms with Crippen molar-refractivity contribution in [2.75, 3.05) is 0 Å². The van der Waals surface area contributed by atoms with Crippen LogP contribution in [0.15, 0.2) is 24.5 Å². The molecule has 0 bridgehead atoms. The van der Waals surface area contributed by atoms with Crippen LogP contribution in [0.25, 0.3) is 0 Å². The highest BCUT2D eigenvalue weighted by atomic mass is 16.3. The lowest BCUT2D eigenvalue weighted by Gasteiger charge is -2.21. The van der Waals surface area contributed by atoms with Crippen molar-refractivity contribution in [3.8, 4) is 0 Å². The molecule has 18 heavy (non-hydrogen) atoms. The molecule has 0 aliphatic rings. The van der Waals surface area contributed by atoms with E-state index in [4.69, 9.17) is 5.73 Å². The normalized spacial score (nSPS) is 15.8. The van der Waals surface area contributed by atoms with E-state index in [1.165, 1.54) is 0 Å². The number of nitrogens with zero attached hydrogens (tertiary/aromatic N) is 1. The summed E-state index contributed by atoms with van der Waals surface area (Å²) in [7, 11) is 0. The van der Waals surface area contributed by atoms with Crippen molar-refractivity contribution in [1.29, 1.82) is 0 Å². The summed E-state index contributed by atoms with van der Waals surface area (Å²) in [5, 5.41) is 12.5. The summed E-state index contributed by atoms with van der Waals surface area (Å²) in [6.07, 6.45) is 3.63. The maximum Gasteiger partial charge on any atom is 0.250 e. The number of carbonyl (C=O) groups is 1. The van der Waals surface area contributed by atoms with Crippen molar-refractivity contribution in [3.05, 3.63) is 30.1 Å². The number of pyridine rings is 1. The third kappa shape index (κ3) is 4.09. The minimum atomic E-state index is -1.16. The maximum absolute atomic E-state index is 11.8. The van der Waals surface area contributed by atoms with Gasteiger partial charge in [-0.15, -0.1) is 0 Å². The van der Waals surface area contributed by atoms with E-state index in [1.807, 2.05) is 26.0 Å². The van der Waals surface area contributed by atoms with E-state index in [1.54, 1.807) is 12.4 Å². The fourth-order valence-electron chi connectivity index (χ4n) is 1.72. The number of hydrogen-bond acceptors (Lipinski definition) is 4. The topological polar surface area (TPSA) is 88.2 Å². The molecule has 3 atom stereocenters. The van der Waals surface area contributed by atoms with Crippen LogP contribution in [0.1, 0.15) is 38.3 Å². The minimum absolute atomic E-state index is 0.177. The van der Waals surface area contributed by atoms with Gasteiger partial charge in [-0.3, -0.25) is 9.78 Å². The molecular weight excluding hydrogens is 230 g/mol. The summed E-state index contributed by atoms with van der Waals surface area (Å²) in [5.41, 5.74) is 6.66. The highest BCUT2D eigenvalue weighted by molar-refractivity contribution is 5.81. The van der Waals surface area contributed by atoms with Crippen molar-refractivity contribution < 1.29 is 9.90 Å². The van der Waals surface area contributed by atoms with E-state index in [0.29, 0.717) is 6.42 Å². The van der Waals surface area contributed by atoms with Crippen molar-refractivity contribution in [3.63, 3.8) is 0 Å². The summed E-state index contributed by atoms with van der Waals surface area (Å²) < 4.78 is 0. The van der Waals surface area contributed by atoms with Crippen LogP contribution in [-0.4, -0.2) is 28.1 Å². The Bertz CT molecular complexity index is 370. The molecule has 0 fully saturated rings. The minimum Gasteiger partial charge on any atom is -0.382 e. The van der Waals surface area contributed by atoms with Crippen molar-refractivity contribution >= 4 is 5.91 Å². The van der Waals surface area contributed by atoms with Crippen LogP contribution in [-0.2, 0) is 4.79 Å². The van der Waals surface area contributed by atoms with Gasteiger partial charge in [0.05, 0.1) is 6.04 Å². The van der Waals surface area contributed by atoms with E-state index in [2.05, 4.69) is 10.3 Å². The first kappa shape index (κ1) is 14.6. The Labute approximate surface area is 107 Å². The van der Waals surface area contributed by atoms with Crippen LogP contribution in [0.5, 0.6) is 0 Å². The molecule has 1 rings (SSSR count). The fraction of sp³-hybridized carbons (Fsp3) is 0.538. The third-order valence-corrected chi connectivity index (χ3v) is 2.86. The van der Waals surface area contributed by atoms with Crippen molar-refractivity contribution in [2.45, 2.75) is 44.9 Å². The monoisotopic (exact) mass is 251 g/mol. The Kier molecular flexibility index (Phi) is 5.74. The molecule has 0 saturated carbocycles. The highest BCUT2D eigenvalue weighted by Crippen LogP contribution is 2.11. The van der Waals surface area contributed by atoms with Crippen LogP contribution in [0.2, 0.25) is 0 Å². The Hall–Kier alpha value is -1.46. The molecule has 4 N–H and O–H groups in total. The van der Waals surface area contributed by atoms with E-state index in [0.717, 1.165) is 12.0 Å². The first-order valence-corrected chi connectivity index (χ1v) is 6.20. The van der Waals surface area contributed by atoms with Crippen molar-refractivity contribution in [2.24, 2.45) is 5.73 Å². The molecule has 0 aliphatic heterocycles. The number of aliphatic hydroxyl groups is 1. The van der Waals surface area contributed by atoms with Crippen LogP contribution in [0.3, 0.4) is 0 Å². The first-order valence-electron chi connectivity index (χ1n) is 6.20. The van der Waals surface area contributed by atoms with Crippen LogP contribution < -0.4 is 11.1 Å². The van der Waals surface area contributed by atoms with Gasteiger partial charge in [-0.25, -0.2) is 0 Å². The molecule has 0 saturated heterocycles. The number of carbonyl (C=O) groups excluding carboxylic acids is 1. The number of nitrogens with one attached hydrogen (secondary N) is 1. The number of amides is 1. The second kappa shape index (κ2) is 7.08. The van der Waals surface area contributed by atoms with Crippen LogP contribution in [0, 0.1) is 0 Å². The highest BCUT2D eigenvalue weighted by Gasteiger charge is 2.23. The summed E-state index contributed by atoms with van der Waals surface area (Å²) in [4.78, 5) is 15.7. The number of aliphatic hydroxyl groups excluding tert-OH is 1. The van der Waals surface area contributed by atoms with Gasteiger partial charge in [0, 0.05) is 18.4 Å². The standard InChI is InChI=1S/C13H21N3O2/c1-3-4-11(14)12(17)13(18)16-9(2)10-5-7-15-8-6-10/h5-9,11-12,17H,3-4,14H2,1-2H3,(H,16,18)/t9?,11-,12?/m0/s1. The van der Waals surface area contributed by atoms with Gasteiger partial charge in [-0.2, -0.15) is 0 Å². The van der Waals surface area contributed by atoms with E-state index < -0.39 is 18.1 Å². The molecule has 0 spiro atoms. The summed E-state index contributed by atoms with van der Waals surface area (Å²) >= 11 is 0. The van der Waals surface area contributed by atoms with Crippen molar-refractivity contribution in [1.82, 2.24) is 10.3 Å². The van der Waals surface area contributed by atoms with Gasteiger partial charge in [0.2, 0.25) is 0 Å². The van der Waals surface area contributed by atoms with Gasteiger partial charge >= 0.3 is 0 Å². The number of nitrogens with two attached hydrogens (primary N) is 1. The average molecular weight is 251 g/mol. The molecule has 0 aliphatic carbocycles.